The first-order valence-electron chi connectivity index (χ1n) is 15.5. The molecule has 0 amide bonds. The first-order chi connectivity index (χ1) is 20.6. The highest BCUT2D eigenvalue weighted by Gasteiger charge is 2.21. The van der Waals surface area contributed by atoms with Crippen LogP contribution in [0, 0.1) is 6.92 Å². The zero-order chi connectivity index (χ0) is 29.3. The van der Waals surface area contributed by atoms with Gasteiger partial charge < -0.3 is 9.80 Å². The zero-order valence-corrected chi connectivity index (χ0v) is 26.9. The molecule has 0 heterocycles. The van der Waals surface area contributed by atoms with E-state index in [9.17, 15) is 0 Å². The third-order valence-electron chi connectivity index (χ3n) is 8.09. The molecule has 0 aliphatic heterocycles. The number of rotatable bonds is 12. The van der Waals surface area contributed by atoms with Gasteiger partial charge in [-0.05, 0) is 111 Å². The number of allylic oxidation sites excluding steroid dienone is 2. The van der Waals surface area contributed by atoms with Gasteiger partial charge in [0.05, 0.1) is 6.04 Å². The van der Waals surface area contributed by atoms with Crippen molar-refractivity contribution in [2.24, 2.45) is 0 Å². The second kappa shape index (κ2) is 14.6. The van der Waals surface area contributed by atoms with E-state index in [1.807, 2.05) is 0 Å². The number of unbranched alkanes of at least 4 members (excludes halogenated alkanes) is 2. The largest absolute Gasteiger partial charge is 0.334 e. The van der Waals surface area contributed by atoms with Crippen molar-refractivity contribution in [2.75, 3.05) is 9.80 Å². The molecule has 0 aromatic heterocycles. The van der Waals surface area contributed by atoms with Crippen molar-refractivity contribution in [3.8, 4) is 0 Å². The molecule has 3 heteroatoms. The smallest absolute Gasteiger partial charge is 0.0560 e. The van der Waals surface area contributed by atoms with Gasteiger partial charge in [0.2, 0.25) is 0 Å². The van der Waals surface area contributed by atoms with Crippen LogP contribution in [-0.4, -0.2) is 6.04 Å². The van der Waals surface area contributed by atoms with Crippen molar-refractivity contribution < 1.29 is 0 Å². The Morgan fingerprint density at radius 3 is 1.50 bits per heavy atom. The van der Waals surface area contributed by atoms with Crippen molar-refractivity contribution in [1.29, 1.82) is 0 Å². The molecule has 216 valence electrons. The summed E-state index contributed by atoms with van der Waals surface area (Å²) in [5, 5.41) is 0. The highest BCUT2D eigenvalue weighted by molar-refractivity contribution is 9.11. The lowest BCUT2D eigenvalue weighted by Gasteiger charge is -2.33. The minimum atomic E-state index is 0.252. The molecule has 4 aromatic rings. The standard InChI is InChI=1S/C39H43BrN2/c1-4-6-8-31-12-20-35(21-13-31)41(34-18-10-30(3)11-19-34)38-26-28-39(29-27-38)42(37-24-16-33(40)17-25-37)36-22-14-32(15-23-36)9-7-5-2/h10-24,26-29,37H,4-9,25H2,1-3H3. The third-order valence-corrected chi connectivity index (χ3v) is 8.68. The van der Waals surface area contributed by atoms with Crippen LogP contribution in [0.1, 0.15) is 62.6 Å². The van der Waals surface area contributed by atoms with Crippen molar-refractivity contribution in [3.63, 3.8) is 0 Å². The highest BCUT2D eigenvalue weighted by Crippen LogP contribution is 2.38. The van der Waals surface area contributed by atoms with E-state index in [2.05, 4.69) is 162 Å². The van der Waals surface area contributed by atoms with Gasteiger partial charge in [0, 0.05) is 32.9 Å². The van der Waals surface area contributed by atoms with E-state index in [0.29, 0.717) is 0 Å². The topological polar surface area (TPSA) is 6.48 Å². The number of halogens is 1. The van der Waals surface area contributed by atoms with E-state index in [1.54, 1.807) is 0 Å². The molecule has 0 N–H and O–H groups in total. The fourth-order valence-corrected chi connectivity index (χ4v) is 5.95. The highest BCUT2D eigenvalue weighted by atomic mass is 79.9. The Morgan fingerprint density at radius 1 is 0.619 bits per heavy atom. The Kier molecular flexibility index (Phi) is 10.4. The average molecular weight is 620 g/mol. The van der Waals surface area contributed by atoms with E-state index in [-0.39, 0.29) is 6.04 Å². The first-order valence-corrected chi connectivity index (χ1v) is 16.3. The van der Waals surface area contributed by atoms with Gasteiger partial charge in [-0.3, -0.25) is 0 Å². The summed E-state index contributed by atoms with van der Waals surface area (Å²) < 4.78 is 1.15. The lowest BCUT2D eigenvalue weighted by Crippen LogP contribution is -2.30. The summed E-state index contributed by atoms with van der Waals surface area (Å²) in [6.07, 6.45) is 14.9. The molecule has 1 atom stereocenters. The summed E-state index contributed by atoms with van der Waals surface area (Å²) in [5.41, 5.74) is 9.99. The summed E-state index contributed by atoms with van der Waals surface area (Å²) in [6.45, 7) is 6.65. The Labute approximate surface area is 261 Å². The predicted octanol–water partition coefficient (Wildman–Crippen LogP) is 11.9. The first kappa shape index (κ1) is 29.9. The molecular weight excluding hydrogens is 576 g/mol. The molecule has 1 unspecified atom stereocenters. The van der Waals surface area contributed by atoms with Crippen LogP contribution in [0.3, 0.4) is 0 Å². The Bertz CT molecular complexity index is 1470. The molecule has 1 aliphatic rings. The summed E-state index contributed by atoms with van der Waals surface area (Å²) in [6, 6.07) is 36.4. The zero-order valence-electron chi connectivity index (χ0n) is 25.3. The van der Waals surface area contributed by atoms with E-state index >= 15 is 0 Å². The maximum atomic E-state index is 3.65. The van der Waals surface area contributed by atoms with Crippen LogP contribution in [0.4, 0.5) is 28.4 Å². The minimum absolute atomic E-state index is 0.252. The molecule has 2 nitrogen and oxygen atoms in total. The van der Waals surface area contributed by atoms with Gasteiger partial charge in [-0.1, -0.05) is 103 Å². The average Bonchev–Trinajstić information content (AvgIpc) is 3.03. The number of aryl methyl sites for hydroxylation is 3. The number of benzene rings is 4. The molecule has 42 heavy (non-hydrogen) atoms. The predicted molar refractivity (Wildman–Crippen MR) is 186 cm³/mol. The summed E-state index contributed by atoms with van der Waals surface area (Å²) in [7, 11) is 0. The van der Waals surface area contributed by atoms with Crippen LogP contribution < -0.4 is 9.80 Å². The molecule has 0 saturated heterocycles. The Hall–Kier alpha value is -3.56. The number of hydrogen-bond donors (Lipinski definition) is 0. The fourth-order valence-electron chi connectivity index (χ4n) is 5.61. The van der Waals surface area contributed by atoms with Crippen LogP contribution in [0.15, 0.2) is 120 Å². The molecule has 5 rings (SSSR count). The lowest BCUT2D eigenvalue weighted by molar-refractivity contribution is 0.780. The van der Waals surface area contributed by atoms with Gasteiger partial charge in [0.25, 0.3) is 0 Å². The van der Waals surface area contributed by atoms with E-state index in [4.69, 9.17) is 0 Å². The van der Waals surface area contributed by atoms with Gasteiger partial charge in [-0.25, -0.2) is 0 Å². The monoisotopic (exact) mass is 618 g/mol. The van der Waals surface area contributed by atoms with E-state index in [0.717, 1.165) is 29.4 Å². The van der Waals surface area contributed by atoms with E-state index in [1.165, 1.54) is 65.1 Å². The van der Waals surface area contributed by atoms with Crippen LogP contribution in [-0.2, 0) is 12.8 Å². The van der Waals surface area contributed by atoms with Crippen LogP contribution in [0.25, 0.3) is 0 Å². The van der Waals surface area contributed by atoms with Gasteiger partial charge in [0.15, 0.2) is 0 Å². The molecule has 1 aliphatic carbocycles. The molecule has 0 fully saturated rings. The number of hydrogen-bond acceptors (Lipinski definition) is 2. The second-order valence-corrected chi connectivity index (χ2v) is 12.3. The van der Waals surface area contributed by atoms with Crippen molar-refractivity contribution in [1.82, 2.24) is 0 Å². The minimum Gasteiger partial charge on any atom is -0.334 e. The van der Waals surface area contributed by atoms with Gasteiger partial charge in [-0.2, -0.15) is 0 Å². The van der Waals surface area contributed by atoms with Crippen molar-refractivity contribution in [3.05, 3.63) is 136 Å². The van der Waals surface area contributed by atoms with Crippen molar-refractivity contribution in [2.45, 2.75) is 71.8 Å². The molecular formula is C39H43BrN2. The molecule has 0 saturated carbocycles. The summed E-state index contributed by atoms with van der Waals surface area (Å²) >= 11 is 3.65. The quantitative estimate of drug-likeness (QED) is 0.156. The molecule has 4 aromatic carbocycles. The maximum Gasteiger partial charge on any atom is 0.0560 e. The van der Waals surface area contributed by atoms with Gasteiger partial charge in [-0.15, -0.1) is 0 Å². The van der Waals surface area contributed by atoms with E-state index < -0.39 is 0 Å². The Balaban J connectivity index is 1.48. The molecule has 0 radical (unpaired) electrons. The number of anilines is 5. The SMILES string of the molecule is CCCCc1ccc(N(c2ccc(C)cc2)c2ccc(N(c3ccc(CCCC)cc3)C3C=CC(Br)=CC3)cc2)cc1. The normalized spacial score (nSPS) is 14.5. The summed E-state index contributed by atoms with van der Waals surface area (Å²) in [4.78, 5) is 4.83. The third kappa shape index (κ3) is 7.44. The lowest BCUT2D eigenvalue weighted by atomic mass is 10.0. The van der Waals surface area contributed by atoms with Crippen molar-refractivity contribution >= 4 is 44.4 Å². The van der Waals surface area contributed by atoms with Gasteiger partial charge >= 0.3 is 0 Å². The van der Waals surface area contributed by atoms with Crippen LogP contribution in [0.2, 0.25) is 0 Å². The molecule has 0 bridgehead atoms. The van der Waals surface area contributed by atoms with Crippen LogP contribution in [0.5, 0.6) is 0 Å². The number of nitrogens with zero attached hydrogens (tertiary/aromatic N) is 2. The fraction of sp³-hybridized carbons (Fsp3) is 0.282. The van der Waals surface area contributed by atoms with Crippen LogP contribution >= 0.6 is 15.9 Å². The van der Waals surface area contributed by atoms with Gasteiger partial charge in [0.1, 0.15) is 0 Å². The molecule has 0 spiro atoms. The Morgan fingerprint density at radius 2 is 1.05 bits per heavy atom. The second-order valence-electron chi connectivity index (χ2n) is 11.3. The summed E-state index contributed by atoms with van der Waals surface area (Å²) in [5.74, 6) is 0. The maximum absolute atomic E-state index is 3.65.